The molecule has 10 heteroatoms. The summed E-state index contributed by atoms with van der Waals surface area (Å²) in [4.78, 5) is 27.5. The van der Waals surface area contributed by atoms with Crippen molar-refractivity contribution in [3.63, 3.8) is 0 Å². The molecule has 2 aromatic heterocycles. The monoisotopic (exact) mass is 473 g/mol. The summed E-state index contributed by atoms with van der Waals surface area (Å²) in [7, 11) is 0. The van der Waals surface area contributed by atoms with Gasteiger partial charge in [-0.2, -0.15) is 13.2 Å². The Balaban J connectivity index is 1.57. The highest BCUT2D eigenvalue weighted by Gasteiger charge is 2.34. The van der Waals surface area contributed by atoms with Crippen LogP contribution >= 0.6 is 0 Å². The number of nitrogens with one attached hydrogen (secondary N) is 1. The van der Waals surface area contributed by atoms with E-state index in [0.717, 1.165) is 25.1 Å². The maximum atomic E-state index is 14.1. The maximum Gasteiger partial charge on any atom is 0.417 e. The van der Waals surface area contributed by atoms with E-state index in [0.29, 0.717) is 17.9 Å². The predicted molar refractivity (Wildman–Crippen MR) is 118 cm³/mol. The number of rotatable bonds is 5. The van der Waals surface area contributed by atoms with Gasteiger partial charge in [-0.1, -0.05) is 6.92 Å². The summed E-state index contributed by atoms with van der Waals surface area (Å²) in [6.45, 7) is 2.78. The lowest BCUT2D eigenvalue weighted by atomic mass is 9.89. The van der Waals surface area contributed by atoms with Crippen molar-refractivity contribution < 1.29 is 22.4 Å². The highest BCUT2D eigenvalue weighted by atomic mass is 19.4. The molecule has 0 saturated carbocycles. The van der Waals surface area contributed by atoms with Crippen LogP contribution in [0.1, 0.15) is 35.7 Å². The molecule has 1 aliphatic heterocycles. The molecule has 1 fully saturated rings. The van der Waals surface area contributed by atoms with Gasteiger partial charge in [-0.25, -0.2) is 19.3 Å². The molecule has 34 heavy (non-hydrogen) atoms. The van der Waals surface area contributed by atoms with Crippen LogP contribution < -0.4 is 5.32 Å². The number of carbonyl (C=O) groups excluding carboxylic acids is 1. The number of nitrogens with zero attached hydrogens (tertiary/aromatic N) is 4. The number of aromatic nitrogens is 3. The summed E-state index contributed by atoms with van der Waals surface area (Å²) in [6.07, 6.45) is 1.08. The molecule has 0 spiro atoms. The molecule has 0 radical (unpaired) electrons. The minimum absolute atomic E-state index is 0.115. The van der Waals surface area contributed by atoms with Crippen molar-refractivity contribution in [3.05, 3.63) is 71.9 Å². The molecule has 0 bridgehead atoms. The summed E-state index contributed by atoms with van der Waals surface area (Å²) >= 11 is 0. The summed E-state index contributed by atoms with van der Waals surface area (Å²) in [5.41, 5.74) is -0.234. The van der Waals surface area contributed by atoms with Gasteiger partial charge in [0, 0.05) is 37.2 Å². The van der Waals surface area contributed by atoms with Crippen LogP contribution in [0.3, 0.4) is 0 Å². The van der Waals surface area contributed by atoms with Crippen molar-refractivity contribution in [1.29, 1.82) is 0 Å². The van der Waals surface area contributed by atoms with Gasteiger partial charge in [-0.15, -0.1) is 0 Å². The molecular formula is C24H23F4N5O. The molecule has 3 aromatic rings. The fraction of sp³-hybridized carbons (Fsp3) is 0.333. The van der Waals surface area contributed by atoms with Gasteiger partial charge in [0.05, 0.1) is 17.2 Å². The predicted octanol–water partition coefficient (Wildman–Crippen LogP) is 5.05. The second-order valence-electron chi connectivity index (χ2n) is 8.26. The number of benzene rings is 1. The molecule has 1 aliphatic rings. The van der Waals surface area contributed by atoms with Gasteiger partial charge in [-0.3, -0.25) is 4.79 Å². The molecule has 4 rings (SSSR count). The van der Waals surface area contributed by atoms with Crippen LogP contribution in [0.15, 0.2) is 55.0 Å². The van der Waals surface area contributed by atoms with Gasteiger partial charge >= 0.3 is 6.18 Å². The second-order valence-corrected chi connectivity index (χ2v) is 8.26. The smallest absolute Gasteiger partial charge is 0.368 e. The first-order valence-corrected chi connectivity index (χ1v) is 10.9. The fourth-order valence-corrected chi connectivity index (χ4v) is 4.17. The van der Waals surface area contributed by atoms with E-state index >= 15 is 0 Å². The largest absolute Gasteiger partial charge is 0.417 e. The SMILES string of the molecule is C[C@@H]1CCCN(C(=O)c2cc(F)ccc2-c2ncccn2)[C@H]1CNc1ccc(C(F)(F)F)cn1. The average Bonchev–Trinajstić information content (AvgIpc) is 2.83. The Bertz CT molecular complexity index is 1140. The number of amides is 1. The van der Waals surface area contributed by atoms with Gasteiger partial charge in [0.25, 0.3) is 5.91 Å². The molecule has 1 amide bonds. The standard InChI is InChI=1S/C24H23F4N5O/c1-15-4-2-11-33(20(15)14-32-21-8-5-16(13-31-21)24(26,27)28)23(34)19-12-17(25)6-7-18(19)22-29-9-3-10-30-22/h3,5-10,12-13,15,20H,2,4,11,14H2,1H3,(H,31,32)/t15-,20+/m1/s1. The molecule has 0 aliphatic carbocycles. The molecule has 2 atom stereocenters. The zero-order valence-electron chi connectivity index (χ0n) is 18.4. The van der Waals surface area contributed by atoms with E-state index in [-0.39, 0.29) is 35.8 Å². The van der Waals surface area contributed by atoms with E-state index < -0.39 is 17.6 Å². The van der Waals surface area contributed by atoms with Crippen molar-refractivity contribution in [2.45, 2.75) is 32.0 Å². The van der Waals surface area contributed by atoms with E-state index in [1.54, 1.807) is 23.4 Å². The quantitative estimate of drug-likeness (QED) is 0.525. The number of alkyl halides is 3. The molecule has 1 aromatic carbocycles. The van der Waals surface area contributed by atoms with E-state index in [4.69, 9.17) is 0 Å². The van der Waals surface area contributed by atoms with E-state index in [1.807, 2.05) is 6.92 Å². The average molecular weight is 473 g/mol. The van der Waals surface area contributed by atoms with Gasteiger partial charge in [0.1, 0.15) is 11.6 Å². The van der Waals surface area contributed by atoms with Crippen molar-refractivity contribution >= 4 is 11.7 Å². The van der Waals surface area contributed by atoms with Gasteiger partial charge < -0.3 is 10.2 Å². The highest BCUT2D eigenvalue weighted by molar-refractivity contribution is 6.00. The van der Waals surface area contributed by atoms with Gasteiger partial charge in [0.15, 0.2) is 5.82 Å². The number of hydrogen-bond acceptors (Lipinski definition) is 5. The van der Waals surface area contributed by atoms with Crippen LogP contribution in [0.5, 0.6) is 0 Å². The zero-order chi connectivity index (χ0) is 24.3. The Kier molecular flexibility index (Phi) is 6.76. The molecule has 1 N–H and O–H groups in total. The third kappa shape index (κ3) is 5.16. The summed E-state index contributed by atoms with van der Waals surface area (Å²) in [5, 5.41) is 3.05. The van der Waals surface area contributed by atoms with Crippen LogP contribution in [0.25, 0.3) is 11.4 Å². The molecule has 6 nitrogen and oxygen atoms in total. The molecule has 178 valence electrons. The summed E-state index contributed by atoms with van der Waals surface area (Å²) in [6, 6.07) is 7.55. The third-order valence-electron chi connectivity index (χ3n) is 5.98. The molecule has 1 saturated heterocycles. The van der Waals surface area contributed by atoms with Crippen molar-refractivity contribution in [1.82, 2.24) is 19.9 Å². The number of carbonyl (C=O) groups is 1. The molecule has 3 heterocycles. The number of piperidine rings is 1. The fourth-order valence-electron chi connectivity index (χ4n) is 4.17. The Hall–Kier alpha value is -3.56. The first kappa shape index (κ1) is 23.6. The highest BCUT2D eigenvalue weighted by Crippen LogP contribution is 2.30. The summed E-state index contributed by atoms with van der Waals surface area (Å²) in [5.74, 6) is -0.177. The van der Waals surface area contributed by atoms with Crippen molar-refractivity contribution in [2.24, 2.45) is 5.92 Å². The van der Waals surface area contributed by atoms with Crippen LogP contribution in [0.4, 0.5) is 23.4 Å². The Morgan fingerprint density at radius 2 is 1.91 bits per heavy atom. The number of anilines is 1. The van der Waals surface area contributed by atoms with E-state index in [2.05, 4.69) is 20.3 Å². The maximum absolute atomic E-state index is 14.1. The van der Waals surface area contributed by atoms with Crippen LogP contribution in [-0.4, -0.2) is 44.9 Å². The lowest BCUT2D eigenvalue weighted by Gasteiger charge is -2.40. The normalized spacial score (nSPS) is 18.6. The van der Waals surface area contributed by atoms with Gasteiger partial charge in [0.2, 0.25) is 0 Å². The van der Waals surface area contributed by atoms with Crippen molar-refractivity contribution in [2.75, 3.05) is 18.4 Å². The lowest BCUT2D eigenvalue weighted by Crippen LogP contribution is -2.51. The number of halogens is 4. The summed E-state index contributed by atoms with van der Waals surface area (Å²) < 4.78 is 52.5. The molecule has 0 unspecified atom stereocenters. The zero-order valence-corrected chi connectivity index (χ0v) is 18.4. The number of hydrogen-bond donors (Lipinski definition) is 1. The Morgan fingerprint density at radius 3 is 2.59 bits per heavy atom. The van der Waals surface area contributed by atoms with Crippen LogP contribution in [0.2, 0.25) is 0 Å². The lowest BCUT2D eigenvalue weighted by molar-refractivity contribution is -0.137. The number of pyridine rings is 1. The topological polar surface area (TPSA) is 71.0 Å². The molecular weight excluding hydrogens is 450 g/mol. The minimum atomic E-state index is -4.46. The Labute approximate surface area is 194 Å². The van der Waals surface area contributed by atoms with Crippen molar-refractivity contribution in [3.8, 4) is 11.4 Å². The van der Waals surface area contributed by atoms with Crippen LogP contribution in [0, 0.1) is 11.7 Å². The van der Waals surface area contributed by atoms with Gasteiger partial charge in [-0.05, 0) is 55.2 Å². The van der Waals surface area contributed by atoms with E-state index in [9.17, 15) is 22.4 Å². The second kappa shape index (κ2) is 9.74. The van der Waals surface area contributed by atoms with E-state index in [1.165, 1.54) is 24.3 Å². The number of likely N-dealkylation sites (tertiary alicyclic amines) is 1. The first-order chi connectivity index (χ1) is 16.2. The van der Waals surface area contributed by atoms with Crippen LogP contribution in [-0.2, 0) is 6.18 Å². The Morgan fingerprint density at radius 1 is 1.15 bits per heavy atom. The third-order valence-corrected chi connectivity index (χ3v) is 5.98. The minimum Gasteiger partial charge on any atom is -0.368 e. The first-order valence-electron chi connectivity index (χ1n) is 10.9.